The van der Waals surface area contributed by atoms with Crippen LogP contribution in [0.25, 0.3) is 6.08 Å². The van der Waals surface area contributed by atoms with Gasteiger partial charge in [-0.2, -0.15) is 0 Å². The fraction of sp³-hybridized carbons (Fsp3) is 0.312. The predicted molar refractivity (Wildman–Crippen MR) is 98.1 cm³/mol. The number of anilines is 1. The molecule has 8 heteroatoms. The van der Waals surface area contributed by atoms with Gasteiger partial charge in [0.25, 0.3) is 0 Å². The Kier molecular flexibility index (Phi) is 6.62. The zero-order chi connectivity index (χ0) is 17.5. The molecule has 0 saturated heterocycles. The van der Waals surface area contributed by atoms with Crippen molar-refractivity contribution in [2.75, 3.05) is 18.7 Å². The van der Waals surface area contributed by atoms with E-state index in [0.717, 1.165) is 9.90 Å². The molecule has 0 spiro atoms. The van der Waals surface area contributed by atoms with Crippen molar-refractivity contribution < 1.29 is 14.3 Å². The number of carbonyl (C=O) groups excluding carboxylic acids is 1. The second kappa shape index (κ2) is 8.70. The molecule has 24 heavy (non-hydrogen) atoms. The second-order valence-corrected chi connectivity index (χ2v) is 7.01. The van der Waals surface area contributed by atoms with Crippen LogP contribution in [0.3, 0.4) is 0 Å². The summed E-state index contributed by atoms with van der Waals surface area (Å²) in [7, 11) is 1.58. The van der Waals surface area contributed by atoms with Gasteiger partial charge in [0.15, 0.2) is 15.8 Å². The van der Waals surface area contributed by atoms with E-state index >= 15 is 0 Å². The molecule has 1 aromatic heterocycles. The standard InChI is InChI=1S/C16H19N3O3S2/c1-10(2)22-12-7-5-11(9-13(12)21-3)6-8-14(20)17-15-18-19-16(23-4)24-15/h5-10H,1-4H3,(H,17,18,20)/b8-6+. The lowest BCUT2D eigenvalue weighted by Crippen LogP contribution is -2.07. The number of aromatic nitrogens is 2. The van der Waals surface area contributed by atoms with Gasteiger partial charge in [0.2, 0.25) is 11.0 Å². The number of nitrogens with zero attached hydrogens (tertiary/aromatic N) is 2. The normalized spacial score (nSPS) is 11.0. The van der Waals surface area contributed by atoms with Gasteiger partial charge in [-0.15, -0.1) is 10.2 Å². The van der Waals surface area contributed by atoms with Crippen molar-refractivity contribution in [1.82, 2.24) is 10.2 Å². The molecule has 2 rings (SSSR count). The van der Waals surface area contributed by atoms with E-state index in [1.165, 1.54) is 29.2 Å². The summed E-state index contributed by atoms with van der Waals surface area (Å²) in [5.74, 6) is 1.04. The molecule has 1 aromatic carbocycles. The Morgan fingerprint density at radius 2 is 2.12 bits per heavy atom. The molecule has 128 valence electrons. The average molecular weight is 365 g/mol. The number of hydrogen-bond acceptors (Lipinski definition) is 7. The molecular weight excluding hydrogens is 346 g/mol. The first-order chi connectivity index (χ1) is 11.5. The molecule has 0 fully saturated rings. The predicted octanol–water partition coefficient (Wildman–Crippen LogP) is 3.71. The molecule has 0 aliphatic rings. The highest BCUT2D eigenvalue weighted by atomic mass is 32.2. The van der Waals surface area contributed by atoms with Gasteiger partial charge >= 0.3 is 0 Å². The van der Waals surface area contributed by atoms with Crippen LogP contribution in [0, 0.1) is 0 Å². The third-order valence-corrected chi connectivity index (χ3v) is 4.60. The first kappa shape index (κ1) is 18.3. The molecular formula is C16H19N3O3S2. The molecule has 1 N–H and O–H groups in total. The van der Waals surface area contributed by atoms with E-state index < -0.39 is 0 Å². The molecule has 0 bridgehead atoms. The summed E-state index contributed by atoms with van der Waals surface area (Å²) in [6, 6.07) is 5.50. The van der Waals surface area contributed by atoms with Crippen LogP contribution in [0.15, 0.2) is 28.6 Å². The Morgan fingerprint density at radius 1 is 1.33 bits per heavy atom. The van der Waals surface area contributed by atoms with Crippen molar-refractivity contribution in [2.24, 2.45) is 0 Å². The molecule has 0 atom stereocenters. The Balaban J connectivity index is 2.03. The second-order valence-electron chi connectivity index (χ2n) is 4.98. The van der Waals surface area contributed by atoms with E-state index in [2.05, 4.69) is 15.5 Å². The van der Waals surface area contributed by atoms with Crippen molar-refractivity contribution in [3.8, 4) is 11.5 Å². The van der Waals surface area contributed by atoms with Gasteiger partial charge in [-0.25, -0.2) is 0 Å². The van der Waals surface area contributed by atoms with Crippen molar-refractivity contribution in [1.29, 1.82) is 0 Å². The summed E-state index contributed by atoms with van der Waals surface area (Å²) in [5, 5.41) is 11.0. The van der Waals surface area contributed by atoms with E-state index in [-0.39, 0.29) is 12.0 Å². The highest BCUT2D eigenvalue weighted by Gasteiger charge is 2.08. The monoisotopic (exact) mass is 365 g/mol. The molecule has 0 aliphatic carbocycles. The minimum absolute atomic E-state index is 0.0594. The Morgan fingerprint density at radius 3 is 2.75 bits per heavy atom. The maximum atomic E-state index is 11.9. The van der Waals surface area contributed by atoms with Crippen LogP contribution in [-0.2, 0) is 4.79 Å². The quantitative estimate of drug-likeness (QED) is 0.458. The lowest BCUT2D eigenvalue weighted by Gasteiger charge is -2.13. The van der Waals surface area contributed by atoms with Gasteiger partial charge in [-0.1, -0.05) is 29.2 Å². The van der Waals surface area contributed by atoms with Gasteiger partial charge < -0.3 is 9.47 Å². The van der Waals surface area contributed by atoms with Gasteiger partial charge in [-0.3, -0.25) is 10.1 Å². The highest BCUT2D eigenvalue weighted by Crippen LogP contribution is 2.29. The largest absolute Gasteiger partial charge is 0.493 e. The number of amides is 1. The number of methoxy groups -OCH3 is 1. The molecule has 1 heterocycles. The van der Waals surface area contributed by atoms with Crippen LogP contribution in [-0.4, -0.2) is 35.6 Å². The number of ether oxygens (including phenoxy) is 2. The topological polar surface area (TPSA) is 73.3 Å². The highest BCUT2D eigenvalue weighted by molar-refractivity contribution is 8.00. The van der Waals surface area contributed by atoms with Crippen LogP contribution < -0.4 is 14.8 Å². The van der Waals surface area contributed by atoms with Crippen LogP contribution in [0.5, 0.6) is 11.5 Å². The van der Waals surface area contributed by atoms with Crippen LogP contribution >= 0.6 is 23.1 Å². The van der Waals surface area contributed by atoms with Gasteiger partial charge in [0.1, 0.15) is 0 Å². The van der Waals surface area contributed by atoms with E-state index in [0.29, 0.717) is 16.6 Å². The summed E-state index contributed by atoms with van der Waals surface area (Å²) in [5.41, 5.74) is 0.833. The number of thioether (sulfide) groups is 1. The first-order valence-corrected chi connectivity index (χ1v) is 9.27. The fourth-order valence-corrected chi connectivity index (χ4v) is 2.97. The van der Waals surface area contributed by atoms with Crippen molar-refractivity contribution in [3.05, 3.63) is 29.8 Å². The maximum Gasteiger partial charge on any atom is 0.250 e. The van der Waals surface area contributed by atoms with Gasteiger partial charge in [0.05, 0.1) is 13.2 Å². The zero-order valence-corrected chi connectivity index (χ0v) is 15.5. The molecule has 0 unspecified atom stereocenters. The molecule has 0 saturated carbocycles. The van der Waals surface area contributed by atoms with E-state index in [4.69, 9.17) is 9.47 Å². The smallest absolute Gasteiger partial charge is 0.250 e. The minimum atomic E-state index is -0.264. The Hall–Kier alpha value is -2.06. The van der Waals surface area contributed by atoms with E-state index in [1.807, 2.05) is 38.3 Å². The van der Waals surface area contributed by atoms with Crippen molar-refractivity contribution in [3.63, 3.8) is 0 Å². The van der Waals surface area contributed by atoms with Crippen LogP contribution in [0.4, 0.5) is 5.13 Å². The summed E-state index contributed by atoms with van der Waals surface area (Å²) in [4.78, 5) is 11.9. The minimum Gasteiger partial charge on any atom is -0.493 e. The summed E-state index contributed by atoms with van der Waals surface area (Å²) >= 11 is 2.82. The fourth-order valence-electron chi connectivity index (χ4n) is 1.80. The number of hydrogen-bond donors (Lipinski definition) is 1. The molecule has 0 aliphatic heterocycles. The van der Waals surface area contributed by atoms with Crippen molar-refractivity contribution >= 4 is 40.2 Å². The van der Waals surface area contributed by atoms with E-state index in [1.54, 1.807) is 13.2 Å². The zero-order valence-electron chi connectivity index (χ0n) is 13.9. The third-order valence-electron chi connectivity index (χ3n) is 2.79. The first-order valence-electron chi connectivity index (χ1n) is 7.23. The number of carbonyl (C=O) groups is 1. The molecule has 2 aromatic rings. The van der Waals surface area contributed by atoms with Crippen LogP contribution in [0.1, 0.15) is 19.4 Å². The van der Waals surface area contributed by atoms with Crippen LogP contribution in [0.2, 0.25) is 0 Å². The SMILES string of the molecule is COc1cc(/C=C/C(=O)Nc2nnc(SC)s2)ccc1OC(C)C. The molecule has 0 radical (unpaired) electrons. The number of nitrogens with one attached hydrogen (secondary N) is 1. The van der Waals surface area contributed by atoms with E-state index in [9.17, 15) is 4.79 Å². The lowest BCUT2D eigenvalue weighted by atomic mass is 10.2. The summed E-state index contributed by atoms with van der Waals surface area (Å²) < 4.78 is 11.8. The van der Waals surface area contributed by atoms with Crippen molar-refractivity contribution in [2.45, 2.75) is 24.3 Å². The summed E-state index contributed by atoms with van der Waals surface area (Å²) in [6.45, 7) is 3.90. The molecule has 6 nitrogen and oxygen atoms in total. The molecule has 1 amide bonds. The number of rotatable bonds is 7. The lowest BCUT2D eigenvalue weighted by molar-refractivity contribution is -0.111. The van der Waals surface area contributed by atoms with Gasteiger partial charge in [0, 0.05) is 6.08 Å². The number of benzene rings is 1. The Labute approximate surface area is 149 Å². The van der Waals surface area contributed by atoms with Gasteiger partial charge in [-0.05, 0) is 43.9 Å². The third kappa shape index (κ3) is 5.24. The maximum absolute atomic E-state index is 11.9. The summed E-state index contributed by atoms with van der Waals surface area (Å²) in [6.07, 6.45) is 5.11. The average Bonchev–Trinajstić information content (AvgIpc) is 3.01. The Bertz CT molecular complexity index is 729.